The summed E-state index contributed by atoms with van der Waals surface area (Å²) in [5, 5.41) is 20.7. The lowest BCUT2D eigenvalue weighted by atomic mass is 10.0. The van der Waals surface area contributed by atoms with Crippen LogP contribution < -0.4 is 5.32 Å². The molecule has 1 aromatic carbocycles. The molecule has 0 saturated heterocycles. The van der Waals surface area contributed by atoms with E-state index >= 15 is 0 Å². The number of likely N-dealkylation sites (N-methyl/N-ethyl adjacent to an activating group) is 1. The molecule has 3 amide bonds. The number of anilines is 1. The zero-order chi connectivity index (χ0) is 24.0. The van der Waals surface area contributed by atoms with Gasteiger partial charge in [0.2, 0.25) is 0 Å². The molecule has 1 N–H and O–H groups in total. The molecule has 11 heteroatoms. The lowest BCUT2D eigenvalue weighted by Gasteiger charge is -2.27. The van der Waals surface area contributed by atoms with Gasteiger partial charge in [0, 0.05) is 62.7 Å². The smallest absolute Gasteiger partial charge is 0.322 e. The fourth-order valence-corrected chi connectivity index (χ4v) is 4.69. The second-order valence-corrected chi connectivity index (χ2v) is 8.63. The van der Waals surface area contributed by atoms with Crippen LogP contribution in [0.15, 0.2) is 30.5 Å². The van der Waals surface area contributed by atoms with Crippen molar-refractivity contribution >= 4 is 17.6 Å². The summed E-state index contributed by atoms with van der Waals surface area (Å²) >= 11 is 0. The Morgan fingerprint density at radius 2 is 2.09 bits per heavy atom. The third-order valence-corrected chi connectivity index (χ3v) is 6.44. The standard InChI is InChI=1S/C23H23FN8O2/c1-29-11-15(20-5-7-26-30(20)2)12-32-21(22(29)33)17-13-31(8-6-19(17)28-32)23(34)27-16-3-4-18(24)14(9-16)10-25/h3-5,7,9,15H,6,8,11-13H2,1-2H3,(H,27,34). The second-order valence-electron chi connectivity index (χ2n) is 8.63. The molecule has 0 fully saturated rings. The Morgan fingerprint density at radius 3 is 2.82 bits per heavy atom. The van der Waals surface area contributed by atoms with Crippen molar-refractivity contribution in [1.29, 1.82) is 5.26 Å². The van der Waals surface area contributed by atoms with Gasteiger partial charge in [-0.15, -0.1) is 0 Å². The van der Waals surface area contributed by atoms with Crippen molar-refractivity contribution in [2.45, 2.75) is 25.4 Å². The van der Waals surface area contributed by atoms with E-state index in [1.807, 2.05) is 17.8 Å². The Hall–Kier alpha value is -4.20. The summed E-state index contributed by atoms with van der Waals surface area (Å²) in [7, 11) is 3.66. The number of carbonyl (C=O) groups excluding carboxylic acids is 2. The van der Waals surface area contributed by atoms with Crippen LogP contribution in [0.3, 0.4) is 0 Å². The van der Waals surface area contributed by atoms with Crippen molar-refractivity contribution in [2.75, 3.05) is 25.5 Å². The molecule has 174 valence electrons. The van der Waals surface area contributed by atoms with E-state index in [1.165, 1.54) is 12.1 Å². The van der Waals surface area contributed by atoms with Crippen molar-refractivity contribution < 1.29 is 14.0 Å². The van der Waals surface area contributed by atoms with Gasteiger partial charge in [-0.1, -0.05) is 0 Å². The molecule has 0 aliphatic carbocycles. The van der Waals surface area contributed by atoms with Crippen LogP contribution in [0.5, 0.6) is 0 Å². The van der Waals surface area contributed by atoms with E-state index in [0.29, 0.717) is 37.4 Å². The molecule has 4 heterocycles. The van der Waals surface area contributed by atoms with Crippen molar-refractivity contribution in [3.05, 3.63) is 64.5 Å². The molecule has 0 spiro atoms. The maximum absolute atomic E-state index is 13.6. The molecule has 1 atom stereocenters. The molecule has 2 aliphatic rings. The van der Waals surface area contributed by atoms with Crippen LogP contribution in [0.25, 0.3) is 0 Å². The van der Waals surface area contributed by atoms with Crippen LogP contribution in [0.1, 0.15) is 38.9 Å². The molecule has 0 bridgehead atoms. The SMILES string of the molecule is CN1CC(c2ccnn2C)Cn2nc3c(c2C1=O)CN(C(=O)Nc1ccc(F)c(C#N)c1)CC3. The average Bonchev–Trinajstić information content (AvgIpc) is 3.38. The molecule has 0 saturated carbocycles. The van der Waals surface area contributed by atoms with Crippen molar-refractivity contribution in [1.82, 2.24) is 29.4 Å². The number of hydrogen-bond donors (Lipinski definition) is 1. The zero-order valence-corrected chi connectivity index (χ0v) is 18.8. The van der Waals surface area contributed by atoms with E-state index in [2.05, 4.69) is 10.4 Å². The van der Waals surface area contributed by atoms with Gasteiger partial charge in [-0.3, -0.25) is 14.2 Å². The average molecular weight is 462 g/mol. The number of carbonyl (C=O) groups is 2. The largest absolute Gasteiger partial charge is 0.340 e. The fraction of sp³-hybridized carbons (Fsp3) is 0.348. The number of rotatable bonds is 2. The van der Waals surface area contributed by atoms with Crippen LogP contribution in [-0.2, 0) is 26.6 Å². The van der Waals surface area contributed by atoms with E-state index in [0.717, 1.165) is 23.0 Å². The van der Waals surface area contributed by atoms with Gasteiger partial charge in [-0.2, -0.15) is 15.5 Å². The minimum atomic E-state index is -0.641. The van der Waals surface area contributed by atoms with Crippen LogP contribution in [0.4, 0.5) is 14.9 Å². The lowest BCUT2D eigenvalue weighted by Crippen LogP contribution is -2.39. The highest BCUT2D eigenvalue weighted by atomic mass is 19.1. The Balaban J connectivity index is 1.40. The van der Waals surface area contributed by atoms with Gasteiger partial charge in [0.15, 0.2) is 0 Å². The topological polar surface area (TPSA) is 112 Å². The first kappa shape index (κ1) is 21.6. The van der Waals surface area contributed by atoms with E-state index in [-0.39, 0.29) is 30.0 Å². The number of nitrogens with one attached hydrogen (secondary N) is 1. The molecule has 5 rings (SSSR count). The number of aryl methyl sites for hydroxylation is 1. The summed E-state index contributed by atoms with van der Waals surface area (Å²) in [4.78, 5) is 29.5. The first-order chi connectivity index (χ1) is 16.4. The fourth-order valence-electron chi connectivity index (χ4n) is 4.69. The normalized spacial score (nSPS) is 17.6. The summed E-state index contributed by atoms with van der Waals surface area (Å²) < 4.78 is 17.2. The van der Waals surface area contributed by atoms with E-state index in [4.69, 9.17) is 10.4 Å². The minimum Gasteiger partial charge on any atom is -0.340 e. The molecular formula is C23H23FN8O2. The molecule has 0 radical (unpaired) electrons. The number of amides is 3. The Bertz CT molecular complexity index is 1340. The molecule has 2 aliphatic heterocycles. The molecule has 34 heavy (non-hydrogen) atoms. The lowest BCUT2D eigenvalue weighted by molar-refractivity contribution is 0.0788. The van der Waals surface area contributed by atoms with Crippen molar-refractivity contribution in [3.8, 4) is 6.07 Å². The number of nitrogens with zero attached hydrogens (tertiary/aromatic N) is 7. The minimum absolute atomic E-state index is 0.0382. The van der Waals surface area contributed by atoms with Gasteiger partial charge >= 0.3 is 6.03 Å². The molecule has 2 aromatic heterocycles. The Morgan fingerprint density at radius 1 is 1.26 bits per heavy atom. The van der Waals surface area contributed by atoms with Gasteiger partial charge in [0.05, 0.1) is 24.3 Å². The summed E-state index contributed by atoms with van der Waals surface area (Å²) in [5.74, 6) is -0.730. The number of halogens is 1. The molecule has 3 aromatic rings. The highest BCUT2D eigenvalue weighted by Gasteiger charge is 2.35. The maximum Gasteiger partial charge on any atom is 0.322 e. The summed E-state index contributed by atoms with van der Waals surface area (Å²) in [6.45, 7) is 1.73. The quantitative estimate of drug-likeness (QED) is 0.627. The van der Waals surface area contributed by atoms with Gasteiger partial charge < -0.3 is 15.1 Å². The number of benzene rings is 1. The van der Waals surface area contributed by atoms with Crippen LogP contribution in [0, 0.1) is 17.1 Å². The number of urea groups is 1. The van der Waals surface area contributed by atoms with Crippen LogP contribution >= 0.6 is 0 Å². The number of hydrogen-bond acceptors (Lipinski definition) is 5. The van der Waals surface area contributed by atoms with Gasteiger partial charge in [0.25, 0.3) is 5.91 Å². The zero-order valence-electron chi connectivity index (χ0n) is 18.8. The first-order valence-electron chi connectivity index (χ1n) is 10.9. The number of fused-ring (bicyclic) bond motifs is 3. The van der Waals surface area contributed by atoms with Crippen LogP contribution in [-0.4, -0.2) is 61.4 Å². The number of nitriles is 1. The predicted molar refractivity (Wildman–Crippen MR) is 119 cm³/mol. The summed E-state index contributed by atoms with van der Waals surface area (Å²) in [6, 6.07) is 7.19. The third-order valence-electron chi connectivity index (χ3n) is 6.44. The summed E-state index contributed by atoms with van der Waals surface area (Å²) in [6.07, 6.45) is 2.26. The van der Waals surface area contributed by atoms with Crippen molar-refractivity contribution in [2.24, 2.45) is 7.05 Å². The second kappa shape index (κ2) is 8.30. The first-order valence-corrected chi connectivity index (χ1v) is 10.9. The van der Waals surface area contributed by atoms with Crippen molar-refractivity contribution in [3.63, 3.8) is 0 Å². The molecule has 10 nitrogen and oxygen atoms in total. The van der Waals surface area contributed by atoms with E-state index in [9.17, 15) is 14.0 Å². The van der Waals surface area contributed by atoms with Gasteiger partial charge in [0.1, 0.15) is 17.6 Å². The monoisotopic (exact) mass is 462 g/mol. The maximum atomic E-state index is 13.6. The van der Waals surface area contributed by atoms with Gasteiger partial charge in [-0.25, -0.2) is 9.18 Å². The highest BCUT2D eigenvalue weighted by molar-refractivity contribution is 5.95. The van der Waals surface area contributed by atoms with Gasteiger partial charge in [-0.05, 0) is 24.3 Å². The Labute approximate surface area is 195 Å². The molecule has 1 unspecified atom stereocenters. The van der Waals surface area contributed by atoms with E-state index in [1.54, 1.807) is 33.8 Å². The van der Waals surface area contributed by atoms with Crippen LogP contribution in [0.2, 0.25) is 0 Å². The Kier molecular flexibility index (Phi) is 5.28. The third kappa shape index (κ3) is 3.67. The highest BCUT2D eigenvalue weighted by Crippen LogP contribution is 2.30. The predicted octanol–water partition coefficient (Wildman–Crippen LogP) is 2.09. The number of aromatic nitrogens is 4. The van der Waals surface area contributed by atoms with E-state index < -0.39 is 5.82 Å². The molecular weight excluding hydrogens is 439 g/mol. The summed E-state index contributed by atoms with van der Waals surface area (Å²) in [5.41, 5.74) is 3.29.